The van der Waals surface area contributed by atoms with Crippen molar-refractivity contribution in [3.63, 3.8) is 0 Å². The lowest BCUT2D eigenvalue weighted by atomic mass is 10.0. The van der Waals surface area contributed by atoms with Crippen molar-refractivity contribution >= 4 is 6.29 Å². The molecule has 15 heavy (non-hydrogen) atoms. The average Bonchev–Trinajstić information content (AvgIpc) is 2.33. The van der Waals surface area contributed by atoms with E-state index in [1.807, 2.05) is 36.4 Å². The Balaban J connectivity index is 2.38. The molecule has 0 unspecified atom stereocenters. The highest BCUT2D eigenvalue weighted by atomic mass is 16.1. The first-order chi connectivity index (χ1) is 7.42. The molecular weight excluding hydrogens is 188 g/mol. The van der Waals surface area contributed by atoms with Crippen LogP contribution in [-0.4, -0.2) is 16.3 Å². The highest BCUT2D eigenvalue weighted by Crippen LogP contribution is 2.17. The summed E-state index contributed by atoms with van der Waals surface area (Å²) >= 11 is 0. The molecule has 3 nitrogen and oxygen atoms in total. The van der Waals surface area contributed by atoms with Gasteiger partial charge in [-0.05, 0) is 24.3 Å². The highest BCUT2D eigenvalue weighted by molar-refractivity contribution is 5.65. The van der Waals surface area contributed by atoms with Gasteiger partial charge in [-0.25, -0.2) is 0 Å². The lowest BCUT2D eigenvalue weighted by Crippen LogP contribution is -2.06. The van der Waals surface area contributed by atoms with E-state index in [1.54, 1.807) is 12.4 Å². The zero-order chi connectivity index (χ0) is 10.5. The summed E-state index contributed by atoms with van der Waals surface area (Å²) in [7, 11) is 0. The van der Waals surface area contributed by atoms with E-state index in [0.717, 1.165) is 17.7 Å². The quantitative estimate of drug-likeness (QED) is 0.706. The van der Waals surface area contributed by atoms with Gasteiger partial charge in [0.25, 0.3) is 0 Å². The Kier molecular flexibility index (Phi) is 2.83. The Morgan fingerprint density at radius 1 is 0.933 bits per heavy atom. The molecule has 0 saturated heterocycles. The van der Waals surface area contributed by atoms with Crippen LogP contribution in [0.1, 0.15) is 17.3 Å². The van der Waals surface area contributed by atoms with Gasteiger partial charge >= 0.3 is 0 Å². The molecule has 3 heteroatoms. The Labute approximate surface area is 87.8 Å². The maximum absolute atomic E-state index is 11.0. The van der Waals surface area contributed by atoms with Gasteiger partial charge in [0.15, 0.2) is 0 Å². The summed E-state index contributed by atoms with van der Waals surface area (Å²) in [6, 6.07) is 11.0. The van der Waals surface area contributed by atoms with Gasteiger partial charge in [0.1, 0.15) is 6.29 Å². The monoisotopic (exact) mass is 198 g/mol. The second-order valence-corrected chi connectivity index (χ2v) is 3.12. The van der Waals surface area contributed by atoms with Crippen LogP contribution in [0, 0.1) is 0 Å². The smallest absolute Gasteiger partial charge is 0.135 e. The van der Waals surface area contributed by atoms with Gasteiger partial charge in [-0.2, -0.15) is 0 Å². The molecule has 2 heterocycles. The van der Waals surface area contributed by atoms with E-state index in [1.165, 1.54) is 0 Å². The minimum atomic E-state index is -0.368. The number of hydrogen-bond acceptors (Lipinski definition) is 3. The molecule has 0 aliphatic rings. The third-order valence-corrected chi connectivity index (χ3v) is 2.15. The fraction of sp³-hybridized carbons (Fsp3) is 0.0833. The van der Waals surface area contributed by atoms with Gasteiger partial charge < -0.3 is 4.79 Å². The van der Waals surface area contributed by atoms with E-state index in [2.05, 4.69) is 9.97 Å². The van der Waals surface area contributed by atoms with E-state index in [-0.39, 0.29) is 5.92 Å². The number of hydrogen-bond donors (Lipinski definition) is 0. The van der Waals surface area contributed by atoms with Gasteiger partial charge in [-0.1, -0.05) is 12.1 Å². The molecule has 0 N–H and O–H groups in total. The number of carbonyl (C=O) groups is 1. The van der Waals surface area contributed by atoms with Crippen molar-refractivity contribution in [3.05, 3.63) is 60.2 Å². The first-order valence-corrected chi connectivity index (χ1v) is 4.69. The predicted octanol–water partition coefficient (Wildman–Crippen LogP) is 1.81. The maximum Gasteiger partial charge on any atom is 0.135 e. The number of aldehydes is 1. The van der Waals surface area contributed by atoms with E-state index in [9.17, 15) is 4.79 Å². The standard InChI is InChI=1S/C12H10N2O/c15-9-10(11-5-1-3-7-13-11)12-6-2-4-8-14-12/h1-10H. The van der Waals surface area contributed by atoms with Crippen LogP contribution in [0.15, 0.2) is 48.8 Å². The van der Waals surface area contributed by atoms with Crippen LogP contribution in [0.2, 0.25) is 0 Å². The van der Waals surface area contributed by atoms with Crippen molar-refractivity contribution in [1.29, 1.82) is 0 Å². The van der Waals surface area contributed by atoms with Crippen molar-refractivity contribution in [3.8, 4) is 0 Å². The number of carbonyl (C=O) groups excluding carboxylic acids is 1. The van der Waals surface area contributed by atoms with Crippen LogP contribution in [0.4, 0.5) is 0 Å². The third kappa shape index (κ3) is 2.07. The van der Waals surface area contributed by atoms with Crippen molar-refractivity contribution in [1.82, 2.24) is 9.97 Å². The minimum absolute atomic E-state index is 0.368. The minimum Gasteiger partial charge on any atom is -0.302 e. The van der Waals surface area contributed by atoms with E-state index < -0.39 is 0 Å². The van der Waals surface area contributed by atoms with Crippen LogP contribution in [0.3, 0.4) is 0 Å². The van der Waals surface area contributed by atoms with Crippen LogP contribution in [-0.2, 0) is 4.79 Å². The molecule has 0 amide bonds. The Morgan fingerprint density at radius 3 is 1.80 bits per heavy atom. The summed E-state index contributed by atoms with van der Waals surface area (Å²) < 4.78 is 0. The third-order valence-electron chi connectivity index (χ3n) is 2.15. The van der Waals surface area contributed by atoms with Crippen LogP contribution in [0.5, 0.6) is 0 Å². The first kappa shape index (κ1) is 9.52. The fourth-order valence-electron chi connectivity index (χ4n) is 1.41. The molecule has 74 valence electrons. The van der Waals surface area contributed by atoms with E-state index in [4.69, 9.17) is 0 Å². The molecular formula is C12H10N2O. The van der Waals surface area contributed by atoms with E-state index >= 15 is 0 Å². The zero-order valence-corrected chi connectivity index (χ0v) is 8.08. The lowest BCUT2D eigenvalue weighted by Gasteiger charge is -2.07. The SMILES string of the molecule is O=CC(c1ccccn1)c1ccccn1. The molecule has 2 aromatic heterocycles. The fourth-order valence-corrected chi connectivity index (χ4v) is 1.41. The zero-order valence-electron chi connectivity index (χ0n) is 8.08. The molecule has 2 aromatic rings. The number of nitrogens with zero attached hydrogens (tertiary/aromatic N) is 2. The molecule has 0 spiro atoms. The molecule has 0 aliphatic carbocycles. The van der Waals surface area contributed by atoms with Crippen molar-refractivity contribution in [2.24, 2.45) is 0 Å². The Morgan fingerprint density at radius 2 is 1.47 bits per heavy atom. The van der Waals surface area contributed by atoms with Crippen LogP contribution < -0.4 is 0 Å². The Hall–Kier alpha value is -2.03. The summed E-state index contributed by atoms with van der Waals surface area (Å²) in [5, 5.41) is 0. The molecule has 0 saturated carbocycles. The lowest BCUT2D eigenvalue weighted by molar-refractivity contribution is -0.108. The molecule has 0 bridgehead atoms. The summed E-state index contributed by atoms with van der Waals surface area (Å²) in [5.41, 5.74) is 1.46. The first-order valence-electron chi connectivity index (χ1n) is 4.69. The summed E-state index contributed by atoms with van der Waals surface area (Å²) in [6.45, 7) is 0. The predicted molar refractivity (Wildman–Crippen MR) is 56.4 cm³/mol. The van der Waals surface area contributed by atoms with Crippen molar-refractivity contribution in [2.45, 2.75) is 5.92 Å². The van der Waals surface area contributed by atoms with Gasteiger partial charge in [0.05, 0.1) is 17.3 Å². The summed E-state index contributed by atoms with van der Waals surface area (Å²) in [6.07, 6.45) is 4.22. The molecule has 2 rings (SSSR count). The molecule has 0 aromatic carbocycles. The topological polar surface area (TPSA) is 42.9 Å². The molecule has 0 fully saturated rings. The van der Waals surface area contributed by atoms with Gasteiger partial charge in [0, 0.05) is 12.4 Å². The van der Waals surface area contributed by atoms with E-state index in [0.29, 0.717) is 0 Å². The van der Waals surface area contributed by atoms with Crippen LogP contribution >= 0.6 is 0 Å². The largest absolute Gasteiger partial charge is 0.302 e. The number of pyridine rings is 2. The van der Waals surface area contributed by atoms with Gasteiger partial charge in [-0.15, -0.1) is 0 Å². The number of rotatable bonds is 3. The van der Waals surface area contributed by atoms with Gasteiger partial charge in [-0.3, -0.25) is 9.97 Å². The normalized spacial score (nSPS) is 10.2. The second-order valence-electron chi connectivity index (χ2n) is 3.12. The Bertz CT molecular complexity index is 388. The molecule has 0 radical (unpaired) electrons. The summed E-state index contributed by atoms with van der Waals surface area (Å²) in [5.74, 6) is -0.368. The van der Waals surface area contributed by atoms with Crippen molar-refractivity contribution in [2.75, 3.05) is 0 Å². The highest BCUT2D eigenvalue weighted by Gasteiger charge is 2.14. The summed E-state index contributed by atoms with van der Waals surface area (Å²) in [4.78, 5) is 19.3. The molecule has 0 atom stereocenters. The average molecular weight is 198 g/mol. The number of aromatic nitrogens is 2. The van der Waals surface area contributed by atoms with Crippen molar-refractivity contribution < 1.29 is 4.79 Å². The van der Waals surface area contributed by atoms with Crippen LogP contribution in [0.25, 0.3) is 0 Å². The van der Waals surface area contributed by atoms with Gasteiger partial charge in [0.2, 0.25) is 0 Å². The molecule has 0 aliphatic heterocycles. The second kappa shape index (κ2) is 4.46. The maximum atomic E-state index is 11.0.